The highest BCUT2D eigenvalue weighted by Crippen LogP contribution is 2.27. The summed E-state index contributed by atoms with van der Waals surface area (Å²) in [5.74, 6) is -0.201. The second-order valence-electron chi connectivity index (χ2n) is 3.41. The lowest BCUT2D eigenvalue weighted by Crippen LogP contribution is -2.30. The van der Waals surface area contributed by atoms with Gasteiger partial charge in [0, 0.05) is 5.92 Å². The van der Waals surface area contributed by atoms with Crippen molar-refractivity contribution in [2.45, 2.75) is 25.9 Å². The molecule has 0 aromatic carbocycles. The molecular weight excluding hydrogens is 227 g/mol. The van der Waals surface area contributed by atoms with E-state index in [1.807, 2.05) is 6.92 Å². The van der Waals surface area contributed by atoms with Gasteiger partial charge >= 0.3 is 6.18 Å². The molecule has 0 aromatic heterocycles. The Morgan fingerprint density at radius 2 is 2.27 bits per heavy atom. The van der Waals surface area contributed by atoms with Gasteiger partial charge in [-0.1, -0.05) is 6.92 Å². The third-order valence-electron chi connectivity index (χ3n) is 2.24. The van der Waals surface area contributed by atoms with Crippen LogP contribution < -0.4 is 5.73 Å². The number of halogens is 3. The molecule has 0 fully saturated rings. The lowest BCUT2D eigenvalue weighted by atomic mass is 9.99. The number of nitrogens with zero attached hydrogens (tertiary/aromatic N) is 2. The number of thiocarbonyl (C=S) groups is 1. The monoisotopic (exact) mass is 239 g/mol. The van der Waals surface area contributed by atoms with Crippen molar-refractivity contribution >= 4 is 23.0 Å². The zero-order chi connectivity index (χ0) is 11.6. The highest BCUT2D eigenvalue weighted by atomic mass is 32.1. The summed E-state index contributed by atoms with van der Waals surface area (Å²) < 4.78 is 36.5. The molecule has 1 heterocycles. The molecule has 0 bridgehead atoms. The van der Waals surface area contributed by atoms with Crippen molar-refractivity contribution in [1.82, 2.24) is 5.01 Å². The fourth-order valence-electron chi connectivity index (χ4n) is 1.48. The molecular formula is C8H12F3N3S. The van der Waals surface area contributed by atoms with Crippen molar-refractivity contribution < 1.29 is 13.2 Å². The van der Waals surface area contributed by atoms with Gasteiger partial charge in [-0.15, -0.1) is 0 Å². The standard InChI is InChI=1S/C8H12F3N3S/c1-2-5-4-14(7(12)15)13-6(5)3-8(9,10)11/h5H,2-4H2,1H3,(H2,12,15). The van der Waals surface area contributed by atoms with Gasteiger partial charge in [0.15, 0.2) is 5.11 Å². The Labute approximate surface area is 91.1 Å². The van der Waals surface area contributed by atoms with Crippen LogP contribution in [0.3, 0.4) is 0 Å². The van der Waals surface area contributed by atoms with Crippen LogP contribution in [0.15, 0.2) is 5.10 Å². The predicted molar refractivity (Wildman–Crippen MR) is 55.4 cm³/mol. The molecule has 1 aliphatic heterocycles. The lowest BCUT2D eigenvalue weighted by molar-refractivity contribution is -0.121. The fourth-order valence-corrected chi connectivity index (χ4v) is 1.60. The predicted octanol–water partition coefficient (Wildman–Crippen LogP) is 1.88. The molecule has 0 aromatic rings. The molecule has 0 spiro atoms. The minimum atomic E-state index is -4.22. The molecule has 1 aliphatic rings. The van der Waals surface area contributed by atoms with Crippen LogP contribution in [0.4, 0.5) is 13.2 Å². The summed E-state index contributed by atoms with van der Waals surface area (Å²) in [4.78, 5) is 0. The Bertz CT molecular complexity index is 287. The number of rotatable bonds is 2. The zero-order valence-electron chi connectivity index (χ0n) is 8.21. The third-order valence-corrected chi connectivity index (χ3v) is 2.45. The van der Waals surface area contributed by atoms with E-state index in [4.69, 9.17) is 5.73 Å². The molecule has 3 nitrogen and oxygen atoms in total. The van der Waals surface area contributed by atoms with Gasteiger partial charge in [0.05, 0.1) is 18.7 Å². The number of hydrogen-bond acceptors (Lipinski definition) is 2. The normalized spacial score (nSPS) is 21.7. The van der Waals surface area contributed by atoms with Crippen molar-refractivity contribution in [2.24, 2.45) is 16.8 Å². The van der Waals surface area contributed by atoms with E-state index in [9.17, 15) is 13.2 Å². The Kier molecular flexibility index (Phi) is 3.54. The molecule has 0 radical (unpaired) electrons. The van der Waals surface area contributed by atoms with Crippen molar-refractivity contribution in [3.63, 3.8) is 0 Å². The van der Waals surface area contributed by atoms with E-state index in [1.165, 1.54) is 5.01 Å². The Morgan fingerprint density at radius 3 is 2.67 bits per heavy atom. The first-order chi connectivity index (χ1) is 6.83. The van der Waals surface area contributed by atoms with Gasteiger partial charge in [-0.2, -0.15) is 18.3 Å². The molecule has 7 heteroatoms. The molecule has 1 rings (SSSR count). The smallest absolute Gasteiger partial charge is 0.375 e. The maximum absolute atomic E-state index is 12.2. The quantitative estimate of drug-likeness (QED) is 0.748. The van der Waals surface area contributed by atoms with Gasteiger partial charge in [0.2, 0.25) is 0 Å². The summed E-state index contributed by atoms with van der Waals surface area (Å²) in [5, 5.41) is 5.06. The van der Waals surface area contributed by atoms with E-state index in [1.54, 1.807) is 0 Å². The molecule has 0 saturated carbocycles. The van der Waals surface area contributed by atoms with Gasteiger partial charge in [-0.3, -0.25) is 0 Å². The summed E-state index contributed by atoms with van der Waals surface area (Å²) in [5.41, 5.74) is 5.43. The van der Waals surface area contributed by atoms with E-state index < -0.39 is 12.6 Å². The van der Waals surface area contributed by atoms with Crippen molar-refractivity contribution in [2.75, 3.05) is 6.54 Å². The Hall–Kier alpha value is -0.850. The van der Waals surface area contributed by atoms with Crippen LogP contribution in [0.5, 0.6) is 0 Å². The first-order valence-corrected chi connectivity index (χ1v) is 4.95. The first kappa shape index (κ1) is 12.2. The Balaban J connectivity index is 2.75. The maximum Gasteiger partial charge on any atom is 0.394 e. The van der Waals surface area contributed by atoms with Crippen LogP contribution >= 0.6 is 12.2 Å². The highest BCUT2D eigenvalue weighted by molar-refractivity contribution is 7.80. The average Bonchev–Trinajstić information content (AvgIpc) is 2.44. The van der Waals surface area contributed by atoms with E-state index in [0.29, 0.717) is 13.0 Å². The van der Waals surface area contributed by atoms with Crippen molar-refractivity contribution in [3.05, 3.63) is 0 Å². The van der Waals surface area contributed by atoms with E-state index in [0.717, 1.165) is 0 Å². The summed E-state index contributed by atoms with van der Waals surface area (Å²) in [7, 11) is 0. The SMILES string of the molecule is CCC1CN(C(N)=S)N=C1CC(F)(F)F. The van der Waals surface area contributed by atoms with Crippen LogP contribution in [-0.4, -0.2) is 28.6 Å². The summed E-state index contributed by atoms with van der Waals surface area (Å²) >= 11 is 4.67. The van der Waals surface area contributed by atoms with Crippen LogP contribution in [0, 0.1) is 5.92 Å². The topological polar surface area (TPSA) is 41.6 Å². The fraction of sp³-hybridized carbons (Fsp3) is 0.750. The number of nitrogens with two attached hydrogens (primary N) is 1. The molecule has 15 heavy (non-hydrogen) atoms. The van der Waals surface area contributed by atoms with Crippen LogP contribution in [0.2, 0.25) is 0 Å². The van der Waals surface area contributed by atoms with Gasteiger partial charge in [0.1, 0.15) is 0 Å². The van der Waals surface area contributed by atoms with Crippen molar-refractivity contribution in [1.29, 1.82) is 0 Å². The molecule has 1 unspecified atom stereocenters. The van der Waals surface area contributed by atoms with Crippen LogP contribution in [0.25, 0.3) is 0 Å². The maximum atomic E-state index is 12.2. The van der Waals surface area contributed by atoms with E-state index >= 15 is 0 Å². The second-order valence-corrected chi connectivity index (χ2v) is 3.83. The van der Waals surface area contributed by atoms with Gasteiger partial charge < -0.3 is 5.73 Å². The molecule has 0 amide bonds. The van der Waals surface area contributed by atoms with Gasteiger partial charge in [0.25, 0.3) is 0 Å². The molecule has 0 saturated heterocycles. The lowest BCUT2D eigenvalue weighted by Gasteiger charge is -2.12. The minimum Gasteiger partial charge on any atom is -0.375 e. The van der Waals surface area contributed by atoms with Crippen molar-refractivity contribution in [3.8, 4) is 0 Å². The van der Waals surface area contributed by atoms with Crippen LogP contribution in [0.1, 0.15) is 19.8 Å². The van der Waals surface area contributed by atoms with E-state index in [2.05, 4.69) is 17.3 Å². The average molecular weight is 239 g/mol. The van der Waals surface area contributed by atoms with E-state index in [-0.39, 0.29) is 16.7 Å². The Morgan fingerprint density at radius 1 is 1.67 bits per heavy atom. The highest BCUT2D eigenvalue weighted by Gasteiger charge is 2.36. The minimum absolute atomic E-state index is 0.0191. The second kappa shape index (κ2) is 4.34. The number of hydrazone groups is 1. The molecule has 2 N–H and O–H groups in total. The molecule has 1 atom stereocenters. The largest absolute Gasteiger partial charge is 0.394 e. The first-order valence-electron chi connectivity index (χ1n) is 4.54. The van der Waals surface area contributed by atoms with Gasteiger partial charge in [-0.25, -0.2) is 5.01 Å². The zero-order valence-corrected chi connectivity index (χ0v) is 9.03. The summed E-state index contributed by atoms with van der Waals surface area (Å²) in [6.07, 6.45) is -4.60. The van der Waals surface area contributed by atoms with Crippen LogP contribution in [-0.2, 0) is 0 Å². The molecule has 86 valence electrons. The molecule has 0 aliphatic carbocycles. The third kappa shape index (κ3) is 3.33. The van der Waals surface area contributed by atoms with Gasteiger partial charge in [-0.05, 0) is 18.6 Å². The summed E-state index contributed by atoms with van der Waals surface area (Å²) in [6, 6.07) is 0. The number of alkyl halides is 3. The summed E-state index contributed by atoms with van der Waals surface area (Å²) in [6.45, 7) is 2.18. The number of hydrogen-bond donors (Lipinski definition) is 1.